The number of nitrogens with zero attached hydrogens (tertiary/aromatic N) is 1. The van der Waals surface area contributed by atoms with Crippen molar-refractivity contribution in [3.63, 3.8) is 0 Å². The molecule has 2 aromatic carbocycles. The Morgan fingerprint density at radius 1 is 1.04 bits per heavy atom. The quantitative estimate of drug-likeness (QED) is 0.779. The molecule has 3 rings (SSSR count). The number of halogens is 2. The minimum absolute atomic E-state index is 0.0302. The molecule has 1 amide bonds. The molecule has 0 spiro atoms. The van der Waals surface area contributed by atoms with E-state index in [1.54, 1.807) is 29.2 Å². The van der Waals surface area contributed by atoms with Gasteiger partial charge in [-0.25, -0.2) is 8.78 Å². The molecule has 1 saturated heterocycles. The van der Waals surface area contributed by atoms with Crippen LogP contribution in [0, 0.1) is 11.6 Å². The van der Waals surface area contributed by atoms with E-state index in [0.29, 0.717) is 24.3 Å². The first-order valence-corrected chi connectivity index (χ1v) is 9.10. The van der Waals surface area contributed by atoms with Crippen LogP contribution in [0.4, 0.5) is 14.5 Å². The smallest absolute Gasteiger partial charge is 0.223 e. The van der Waals surface area contributed by atoms with E-state index < -0.39 is 11.6 Å². The van der Waals surface area contributed by atoms with Gasteiger partial charge in [-0.2, -0.15) is 0 Å². The summed E-state index contributed by atoms with van der Waals surface area (Å²) < 4.78 is 26.4. The number of hydrogen-bond donors (Lipinski definition) is 1. The first kappa shape index (κ1) is 19.0. The van der Waals surface area contributed by atoms with Crippen LogP contribution in [0.15, 0.2) is 48.5 Å². The highest BCUT2D eigenvalue weighted by Crippen LogP contribution is 2.19. The van der Waals surface area contributed by atoms with Crippen molar-refractivity contribution in [3.8, 4) is 0 Å². The van der Waals surface area contributed by atoms with Crippen LogP contribution in [0.5, 0.6) is 0 Å². The molecule has 0 aromatic heterocycles. The molecule has 27 heavy (non-hydrogen) atoms. The Balaban J connectivity index is 1.51. The van der Waals surface area contributed by atoms with Crippen LogP contribution in [0.2, 0.25) is 0 Å². The van der Waals surface area contributed by atoms with Crippen LogP contribution >= 0.6 is 0 Å². The Bertz CT molecular complexity index is 811. The molecule has 1 aliphatic heterocycles. The van der Waals surface area contributed by atoms with Gasteiger partial charge in [-0.3, -0.25) is 9.59 Å². The van der Waals surface area contributed by atoms with Crippen LogP contribution in [-0.2, 0) is 4.79 Å². The van der Waals surface area contributed by atoms with E-state index in [1.807, 2.05) is 6.07 Å². The standard InChI is InChI=1S/C21H22F2N2O2/c22-18-9-8-16(13-19(18)23)24-17-7-4-12-25(14-17)21(27)11-10-20(26)15-5-2-1-3-6-15/h1-3,5-6,8-9,13,17,24H,4,7,10-12,14H2. The third-order valence-electron chi connectivity index (χ3n) is 4.73. The van der Waals surface area contributed by atoms with E-state index in [-0.39, 0.29) is 30.6 Å². The maximum absolute atomic E-state index is 13.3. The molecule has 1 fully saturated rings. The average Bonchev–Trinajstić information content (AvgIpc) is 2.69. The second-order valence-corrected chi connectivity index (χ2v) is 6.74. The topological polar surface area (TPSA) is 49.4 Å². The molecule has 0 aliphatic carbocycles. The fourth-order valence-electron chi connectivity index (χ4n) is 3.29. The van der Waals surface area contributed by atoms with Crippen molar-refractivity contribution in [2.45, 2.75) is 31.7 Å². The van der Waals surface area contributed by atoms with Crippen LogP contribution < -0.4 is 5.32 Å². The molecule has 0 saturated carbocycles. The Hall–Kier alpha value is -2.76. The van der Waals surface area contributed by atoms with E-state index in [4.69, 9.17) is 0 Å². The predicted molar refractivity (Wildman–Crippen MR) is 99.6 cm³/mol. The number of Topliss-reactive ketones (excluding diaryl/α,β-unsaturated/α-hetero) is 1. The Morgan fingerprint density at radius 2 is 1.81 bits per heavy atom. The van der Waals surface area contributed by atoms with E-state index in [1.165, 1.54) is 6.07 Å². The molecular formula is C21H22F2N2O2. The zero-order chi connectivity index (χ0) is 19.2. The van der Waals surface area contributed by atoms with Crippen LogP contribution in [0.25, 0.3) is 0 Å². The number of ketones is 1. The van der Waals surface area contributed by atoms with Gasteiger partial charge in [0.15, 0.2) is 17.4 Å². The number of hydrogen-bond acceptors (Lipinski definition) is 3. The molecule has 142 valence electrons. The Kier molecular flexibility index (Phi) is 6.16. The number of likely N-dealkylation sites (tertiary alicyclic amines) is 1. The number of carbonyl (C=O) groups is 2. The van der Waals surface area contributed by atoms with Crippen molar-refractivity contribution in [3.05, 3.63) is 65.7 Å². The Labute approximate surface area is 157 Å². The molecule has 2 aromatic rings. The summed E-state index contributed by atoms with van der Waals surface area (Å²) in [5.41, 5.74) is 1.11. The molecule has 0 radical (unpaired) electrons. The van der Waals surface area contributed by atoms with Gasteiger partial charge in [-0.05, 0) is 25.0 Å². The lowest BCUT2D eigenvalue weighted by molar-refractivity contribution is -0.132. The number of nitrogens with one attached hydrogen (secondary N) is 1. The maximum Gasteiger partial charge on any atom is 0.223 e. The second kappa shape index (κ2) is 8.75. The number of rotatable bonds is 6. The van der Waals surface area contributed by atoms with Crippen LogP contribution in [0.3, 0.4) is 0 Å². The monoisotopic (exact) mass is 372 g/mol. The number of benzene rings is 2. The molecule has 0 bridgehead atoms. The minimum atomic E-state index is -0.900. The van der Waals surface area contributed by atoms with Gasteiger partial charge in [0.2, 0.25) is 5.91 Å². The van der Waals surface area contributed by atoms with Crippen LogP contribution in [0.1, 0.15) is 36.0 Å². The molecule has 1 heterocycles. The van der Waals surface area contributed by atoms with E-state index in [2.05, 4.69) is 5.32 Å². The van der Waals surface area contributed by atoms with Gasteiger partial charge in [-0.15, -0.1) is 0 Å². The molecule has 6 heteroatoms. The zero-order valence-electron chi connectivity index (χ0n) is 15.0. The van der Waals surface area contributed by atoms with Gasteiger partial charge in [0.25, 0.3) is 0 Å². The van der Waals surface area contributed by atoms with Crippen molar-refractivity contribution in [1.29, 1.82) is 0 Å². The van der Waals surface area contributed by atoms with Crippen molar-refractivity contribution in [2.24, 2.45) is 0 Å². The van der Waals surface area contributed by atoms with Gasteiger partial charge >= 0.3 is 0 Å². The van der Waals surface area contributed by atoms with Gasteiger partial charge < -0.3 is 10.2 Å². The average molecular weight is 372 g/mol. The molecule has 4 nitrogen and oxygen atoms in total. The number of anilines is 1. The normalized spacial score (nSPS) is 16.8. The summed E-state index contributed by atoms with van der Waals surface area (Å²) in [6, 6.07) is 12.6. The first-order valence-electron chi connectivity index (χ1n) is 9.10. The fourth-order valence-corrected chi connectivity index (χ4v) is 3.29. The number of amides is 1. The molecule has 1 atom stereocenters. The predicted octanol–water partition coefficient (Wildman–Crippen LogP) is 4.03. The maximum atomic E-state index is 13.3. The molecule has 1 N–H and O–H groups in total. The van der Waals surface area contributed by atoms with E-state index in [9.17, 15) is 18.4 Å². The zero-order valence-corrected chi connectivity index (χ0v) is 15.0. The lowest BCUT2D eigenvalue weighted by atomic mass is 10.0. The van der Waals surface area contributed by atoms with Crippen LogP contribution in [-0.4, -0.2) is 35.7 Å². The summed E-state index contributed by atoms with van der Waals surface area (Å²) >= 11 is 0. The van der Waals surface area contributed by atoms with Crippen molar-refractivity contribution in [1.82, 2.24) is 4.90 Å². The van der Waals surface area contributed by atoms with E-state index >= 15 is 0 Å². The lowest BCUT2D eigenvalue weighted by Crippen LogP contribution is -2.45. The minimum Gasteiger partial charge on any atom is -0.380 e. The van der Waals surface area contributed by atoms with Gasteiger partial charge in [0.05, 0.1) is 0 Å². The van der Waals surface area contributed by atoms with E-state index in [0.717, 1.165) is 25.0 Å². The molecule has 1 aliphatic rings. The third kappa shape index (κ3) is 5.12. The SMILES string of the molecule is O=C(CCC(=O)N1CCCC(Nc2ccc(F)c(F)c2)C1)c1ccccc1. The molecular weight excluding hydrogens is 350 g/mol. The summed E-state index contributed by atoms with van der Waals surface area (Å²) in [5.74, 6) is -1.89. The van der Waals surface area contributed by atoms with Crippen molar-refractivity contribution in [2.75, 3.05) is 18.4 Å². The van der Waals surface area contributed by atoms with Crippen molar-refractivity contribution < 1.29 is 18.4 Å². The lowest BCUT2D eigenvalue weighted by Gasteiger charge is -2.33. The first-order chi connectivity index (χ1) is 13.0. The Morgan fingerprint density at radius 3 is 2.56 bits per heavy atom. The summed E-state index contributed by atoms with van der Waals surface area (Å²) in [7, 11) is 0. The molecule has 1 unspecified atom stereocenters. The third-order valence-corrected chi connectivity index (χ3v) is 4.73. The highest BCUT2D eigenvalue weighted by molar-refractivity contribution is 5.97. The highest BCUT2D eigenvalue weighted by Gasteiger charge is 2.24. The van der Waals surface area contributed by atoms with Crippen molar-refractivity contribution >= 4 is 17.4 Å². The number of piperidine rings is 1. The van der Waals surface area contributed by atoms with Gasteiger partial charge in [-0.1, -0.05) is 30.3 Å². The fraction of sp³-hybridized carbons (Fsp3) is 0.333. The van der Waals surface area contributed by atoms with Gasteiger partial charge in [0, 0.05) is 49.3 Å². The summed E-state index contributed by atoms with van der Waals surface area (Å²) in [4.78, 5) is 26.4. The summed E-state index contributed by atoms with van der Waals surface area (Å²) in [5, 5.41) is 3.16. The number of carbonyl (C=O) groups excluding carboxylic acids is 2. The summed E-state index contributed by atoms with van der Waals surface area (Å²) in [6.07, 6.45) is 2.01. The second-order valence-electron chi connectivity index (χ2n) is 6.74. The largest absolute Gasteiger partial charge is 0.380 e. The summed E-state index contributed by atoms with van der Waals surface area (Å²) in [6.45, 7) is 1.13. The van der Waals surface area contributed by atoms with Gasteiger partial charge in [0.1, 0.15) is 0 Å². The highest BCUT2D eigenvalue weighted by atomic mass is 19.2.